The van der Waals surface area contributed by atoms with Gasteiger partial charge in [-0.15, -0.1) is 0 Å². The number of likely N-dealkylation sites (N-methyl/N-ethyl adjacent to an activating group) is 1. The normalized spacial score (nSPS) is 12.2. The third-order valence-corrected chi connectivity index (χ3v) is 2.50. The first-order chi connectivity index (χ1) is 8.15. The van der Waals surface area contributed by atoms with Crippen molar-refractivity contribution in [1.29, 1.82) is 0 Å². The number of methoxy groups -OCH3 is 1. The van der Waals surface area contributed by atoms with Crippen molar-refractivity contribution in [1.82, 2.24) is 9.88 Å². The number of nitrogens with two attached hydrogens (primary N) is 1. The highest BCUT2D eigenvalue weighted by atomic mass is 16.5. The van der Waals surface area contributed by atoms with Gasteiger partial charge in [-0.1, -0.05) is 0 Å². The van der Waals surface area contributed by atoms with E-state index in [0.29, 0.717) is 19.6 Å². The Balaban J connectivity index is 2.47. The van der Waals surface area contributed by atoms with Crippen LogP contribution in [0.5, 0.6) is 0 Å². The number of carbonyl (C=O) groups is 1. The third kappa shape index (κ3) is 4.50. The molecule has 1 amide bonds. The van der Waals surface area contributed by atoms with E-state index in [4.69, 9.17) is 10.5 Å². The summed E-state index contributed by atoms with van der Waals surface area (Å²) in [5.41, 5.74) is 6.81. The first-order valence-electron chi connectivity index (χ1n) is 5.53. The lowest BCUT2D eigenvalue weighted by molar-refractivity contribution is -0.132. The Kier molecular flexibility index (Phi) is 5.59. The molecule has 1 heterocycles. The Bertz CT molecular complexity index is 343. The standard InChI is InChI=1S/C12H19N3O2/c1-15(9-10-3-6-14-7-4-10)12(16)11(13)5-8-17-2/h3-4,6-7,11H,5,8-9,13H2,1-2H3. The quantitative estimate of drug-likeness (QED) is 0.777. The molecule has 1 aromatic heterocycles. The van der Waals surface area contributed by atoms with Crippen LogP contribution in [0.3, 0.4) is 0 Å². The summed E-state index contributed by atoms with van der Waals surface area (Å²) in [6, 6.07) is 3.26. The van der Waals surface area contributed by atoms with Gasteiger partial charge in [-0.25, -0.2) is 0 Å². The molecule has 1 unspecified atom stereocenters. The van der Waals surface area contributed by atoms with E-state index in [2.05, 4.69) is 4.98 Å². The molecular weight excluding hydrogens is 218 g/mol. The Labute approximate surface area is 102 Å². The molecule has 94 valence electrons. The fraction of sp³-hybridized carbons (Fsp3) is 0.500. The van der Waals surface area contributed by atoms with Crippen LogP contribution in [0.15, 0.2) is 24.5 Å². The van der Waals surface area contributed by atoms with Gasteiger partial charge in [0.15, 0.2) is 0 Å². The van der Waals surface area contributed by atoms with E-state index < -0.39 is 6.04 Å². The van der Waals surface area contributed by atoms with E-state index in [0.717, 1.165) is 5.56 Å². The van der Waals surface area contributed by atoms with Gasteiger partial charge in [0.25, 0.3) is 0 Å². The molecule has 0 bridgehead atoms. The molecule has 1 aromatic rings. The van der Waals surface area contributed by atoms with E-state index in [9.17, 15) is 4.79 Å². The van der Waals surface area contributed by atoms with Crippen LogP contribution in [0.1, 0.15) is 12.0 Å². The summed E-state index contributed by atoms with van der Waals surface area (Å²) in [5.74, 6) is -0.0705. The summed E-state index contributed by atoms with van der Waals surface area (Å²) in [6.45, 7) is 1.04. The monoisotopic (exact) mass is 237 g/mol. The molecule has 0 aliphatic rings. The topological polar surface area (TPSA) is 68.5 Å². The van der Waals surface area contributed by atoms with E-state index in [1.54, 1.807) is 31.5 Å². The van der Waals surface area contributed by atoms with Crippen LogP contribution >= 0.6 is 0 Å². The van der Waals surface area contributed by atoms with Gasteiger partial charge in [0, 0.05) is 39.7 Å². The first-order valence-corrected chi connectivity index (χ1v) is 5.53. The zero-order chi connectivity index (χ0) is 12.7. The summed E-state index contributed by atoms with van der Waals surface area (Å²) >= 11 is 0. The van der Waals surface area contributed by atoms with Crippen molar-refractivity contribution in [2.24, 2.45) is 5.73 Å². The van der Waals surface area contributed by atoms with Gasteiger partial charge in [0.05, 0.1) is 6.04 Å². The number of aromatic nitrogens is 1. The maximum absolute atomic E-state index is 11.9. The van der Waals surface area contributed by atoms with Crippen LogP contribution < -0.4 is 5.73 Å². The molecule has 0 spiro atoms. The van der Waals surface area contributed by atoms with Crippen molar-refractivity contribution in [3.63, 3.8) is 0 Å². The average molecular weight is 237 g/mol. The van der Waals surface area contributed by atoms with Crippen molar-refractivity contribution in [3.8, 4) is 0 Å². The molecular formula is C12H19N3O2. The van der Waals surface area contributed by atoms with Crippen LogP contribution in [0.4, 0.5) is 0 Å². The van der Waals surface area contributed by atoms with Crippen molar-refractivity contribution in [2.45, 2.75) is 19.0 Å². The largest absolute Gasteiger partial charge is 0.385 e. The molecule has 1 atom stereocenters. The van der Waals surface area contributed by atoms with Crippen molar-refractivity contribution in [3.05, 3.63) is 30.1 Å². The molecule has 0 radical (unpaired) electrons. The fourth-order valence-corrected chi connectivity index (χ4v) is 1.49. The van der Waals surface area contributed by atoms with Crippen LogP contribution in [-0.4, -0.2) is 42.6 Å². The second-order valence-electron chi connectivity index (χ2n) is 3.94. The zero-order valence-electron chi connectivity index (χ0n) is 10.3. The number of pyridine rings is 1. The van der Waals surface area contributed by atoms with Gasteiger partial charge in [0.1, 0.15) is 0 Å². The smallest absolute Gasteiger partial charge is 0.239 e. The number of amides is 1. The van der Waals surface area contributed by atoms with Crippen molar-refractivity contribution < 1.29 is 9.53 Å². The lowest BCUT2D eigenvalue weighted by Gasteiger charge is -2.21. The molecule has 5 heteroatoms. The van der Waals surface area contributed by atoms with Gasteiger partial charge < -0.3 is 15.4 Å². The van der Waals surface area contributed by atoms with Crippen molar-refractivity contribution >= 4 is 5.91 Å². The number of carbonyl (C=O) groups excluding carboxylic acids is 1. The minimum atomic E-state index is -0.498. The maximum Gasteiger partial charge on any atom is 0.239 e. The second kappa shape index (κ2) is 6.98. The highest BCUT2D eigenvalue weighted by Gasteiger charge is 2.17. The predicted molar refractivity (Wildman–Crippen MR) is 65.2 cm³/mol. The molecule has 1 rings (SSSR count). The molecule has 0 saturated heterocycles. The summed E-state index contributed by atoms with van der Waals surface area (Å²) in [4.78, 5) is 17.4. The number of hydrogen-bond donors (Lipinski definition) is 1. The van der Waals surface area contributed by atoms with Gasteiger partial charge in [0.2, 0.25) is 5.91 Å². The van der Waals surface area contributed by atoms with Crippen LogP contribution in [0, 0.1) is 0 Å². The fourth-order valence-electron chi connectivity index (χ4n) is 1.49. The summed E-state index contributed by atoms with van der Waals surface area (Å²) in [7, 11) is 3.34. The van der Waals surface area contributed by atoms with Crippen LogP contribution in [0.25, 0.3) is 0 Å². The molecule has 17 heavy (non-hydrogen) atoms. The van der Waals surface area contributed by atoms with Gasteiger partial charge in [-0.3, -0.25) is 9.78 Å². The maximum atomic E-state index is 11.9. The van der Waals surface area contributed by atoms with Gasteiger partial charge in [-0.05, 0) is 24.1 Å². The van der Waals surface area contributed by atoms with E-state index in [1.165, 1.54) is 0 Å². The Morgan fingerprint density at radius 1 is 1.53 bits per heavy atom. The number of ether oxygens (including phenoxy) is 1. The predicted octanol–water partition coefficient (Wildman–Crippen LogP) is 0.404. The second-order valence-corrected chi connectivity index (χ2v) is 3.94. The lowest BCUT2D eigenvalue weighted by Crippen LogP contribution is -2.42. The zero-order valence-corrected chi connectivity index (χ0v) is 10.3. The highest BCUT2D eigenvalue weighted by molar-refractivity contribution is 5.81. The number of hydrogen-bond acceptors (Lipinski definition) is 4. The van der Waals surface area contributed by atoms with E-state index in [-0.39, 0.29) is 5.91 Å². The van der Waals surface area contributed by atoms with E-state index in [1.807, 2.05) is 12.1 Å². The third-order valence-electron chi connectivity index (χ3n) is 2.50. The van der Waals surface area contributed by atoms with E-state index >= 15 is 0 Å². The molecule has 0 aliphatic heterocycles. The molecule has 2 N–H and O–H groups in total. The first kappa shape index (κ1) is 13.6. The molecule has 0 saturated carbocycles. The minimum absolute atomic E-state index is 0.0705. The summed E-state index contributed by atoms with van der Waals surface area (Å²) in [6.07, 6.45) is 3.95. The van der Waals surface area contributed by atoms with Crippen molar-refractivity contribution in [2.75, 3.05) is 20.8 Å². The van der Waals surface area contributed by atoms with Crippen LogP contribution in [0.2, 0.25) is 0 Å². The number of nitrogens with zero attached hydrogens (tertiary/aromatic N) is 2. The summed E-state index contributed by atoms with van der Waals surface area (Å²) < 4.78 is 4.90. The average Bonchev–Trinajstić information content (AvgIpc) is 2.36. The molecule has 5 nitrogen and oxygen atoms in total. The molecule has 0 aliphatic carbocycles. The van der Waals surface area contributed by atoms with Gasteiger partial charge >= 0.3 is 0 Å². The Hall–Kier alpha value is -1.46. The highest BCUT2D eigenvalue weighted by Crippen LogP contribution is 2.03. The number of rotatable bonds is 6. The molecule has 0 fully saturated rings. The Morgan fingerprint density at radius 2 is 2.18 bits per heavy atom. The molecule has 0 aromatic carbocycles. The van der Waals surface area contributed by atoms with Gasteiger partial charge in [-0.2, -0.15) is 0 Å². The Morgan fingerprint density at radius 3 is 2.76 bits per heavy atom. The summed E-state index contributed by atoms with van der Waals surface area (Å²) in [5, 5.41) is 0. The lowest BCUT2D eigenvalue weighted by atomic mass is 10.2. The SMILES string of the molecule is COCCC(N)C(=O)N(C)Cc1ccncc1. The minimum Gasteiger partial charge on any atom is -0.385 e. The van der Waals surface area contributed by atoms with Crippen LogP contribution in [-0.2, 0) is 16.1 Å².